The van der Waals surface area contributed by atoms with E-state index in [9.17, 15) is 4.79 Å². The van der Waals surface area contributed by atoms with Gasteiger partial charge in [0.25, 0.3) is 0 Å². The van der Waals surface area contributed by atoms with Gasteiger partial charge in [0.15, 0.2) is 11.5 Å². The minimum absolute atomic E-state index is 0.188. The molecule has 0 aliphatic carbocycles. The summed E-state index contributed by atoms with van der Waals surface area (Å²) in [6, 6.07) is 4.91. The van der Waals surface area contributed by atoms with Crippen LogP contribution in [0.2, 0.25) is 19.6 Å². The number of ether oxygens (including phenoxy) is 2. The van der Waals surface area contributed by atoms with Crippen molar-refractivity contribution in [3.63, 3.8) is 0 Å². The summed E-state index contributed by atoms with van der Waals surface area (Å²) in [6.45, 7) is 8.17. The normalized spacial score (nSPS) is 24.8. The summed E-state index contributed by atoms with van der Waals surface area (Å²) < 4.78 is 11.1. The largest absolute Gasteiger partial charge is 0.493 e. The zero-order chi connectivity index (χ0) is 18.2. The Labute approximate surface area is 152 Å². The molecule has 0 spiro atoms. The number of carbonyl (C=O) groups is 1. The number of hydrogen-bond acceptors (Lipinski definition) is 4. The number of piperidine rings is 2. The number of ketones is 1. The predicted molar refractivity (Wildman–Crippen MR) is 104 cm³/mol. The molecule has 0 bridgehead atoms. The van der Waals surface area contributed by atoms with Gasteiger partial charge in [-0.15, -0.1) is 0 Å². The maximum absolute atomic E-state index is 12.5. The fourth-order valence-electron chi connectivity index (χ4n) is 4.44. The van der Waals surface area contributed by atoms with E-state index in [1.165, 1.54) is 23.6 Å². The van der Waals surface area contributed by atoms with Crippen LogP contribution in [0, 0.1) is 0 Å². The summed E-state index contributed by atoms with van der Waals surface area (Å²) in [5.41, 5.74) is 1.29. The van der Waals surface area contributed by atoms with E-state index in [0.717, 1.165) is 30.9 Å². The highest BCUT2D eigenvalue weighted by Gasteiger charge is 2.39. The van der Waals surface area contributed by atoms with E-state index in [0.29, 0.717) is 18.2 Å². The highest BCUT2D eigenvalue weighted by Crippen LogP contribution is 2.40. The Balaban J connectivity index is 2.11. The second-order valence-electron chi connectivity index (χ2n) is 8.39. The zero-order valence-electron chi connectivity index (χ0n) is 16.2. The third-order valence-corrected chi connectivity index (χ3v) is 7.73. The van der Waals surface area contributed by atoms with Crippen molar-refractivity contribution < 1.29 is 14.3 Å². The lowest BCUT2D eigenvalue weighted by Gasteiger charge is -2.45. The van der Waals surface area contributed by atoms with Crippen molar-refractivity contribution in [2.45, 2.75) is 63.8 Å². The average molecular weight is 362 g/mol. The van der Waals surface area contributed by atoms with Crippen molar-refractivity contribution in [3.8, 4) is 11.5 Å². The standard InChI is InChI=1S/C20H31NO3Si/c1-23-18-12-16(20(25(3,4)5)13-19(18)24-2)17-11-15(22)10-14-8-6-7-9-21(14)17/h12-14,17H,6-11H2,1-5H3/t14-,17+/m1/s1. The van der Waals surface area contributed by atoms with Gasteiger partial charge < -0.3 is 9.47 Å². The number of carbonyl (C=O) groups excluding carboxylic acids is 1. The van der Waals surface area contributed by atoms with E-state index < -0.39 is 8.07 Å². The average Bonchev–Trinajstić information content (AvgIpc) is 2.58. The van der Waals surface area contributed by atoms with Crippen LogP contribution in [0.4, 0.5) is 0 Å². The first kappa shape index (κ1) is 18.5. The predicted octanol–water partition coefficient (Wildman–Crippen LogP) is 3.51. The van der Waals surface area contributed by atoms with Gasteiger partial charge in [0.05, 0.1) is 22.3 Å². The molecule has 4 nitrogen and oxygen atoms in total. The minimum Gasteiger partial charge on any atom is -0.493 e. The third-order valence-electron chi connectivity index (χ3n) is 5.68. The summed E-state index contributed by atoms with van der Waals surface area (Å²) in [7, 11) is 1.78. The molecule has 0 radical (unpaired) electrons. The first-order chi connectivity index (χ1) is 11.8. The van der Waals surface area contributed by atoms with E-state index >= 15 is 0 Å². The molecule has 2 aliphatic heterocycles. The van der Waals surface area contributed by atoms with Gasteiger partial charge >= 0.3 is 0 Å². The van der Waals surface area contributed by atoms with Gasteiger partial charge in [-0.25, -0.2) is 0 Å². The van der Waals surface area contributed by atoms with Gasteiger partial charge in [0, 0.05) is 24.9 Å². The fourth-order valence-corrected chi connectivity index (χ4v) is 6.11. The molecule has 0 N–H and O–H groups in total. The number of hydrogen-bond donors (Lipinski definition) is 0. The molecule has 1 aromatic carbocycles. The summed E-state index contributed by atoms with van der Waals surface area (Å²) in [4.78, 5) is 15.1. The first-order valence-electron chi connectivity index (χ1n) is 9.39. The van der Waals surface area contributed by atoms with Crippen LogP contribution in [-0.4, -0.2) is 45.6 Å². The lowest BCUT2D eigenvalue weighted by Crippen LogP contribution is -2.50. The summed E-state index contributed by atoms with van der Waals surface area (Å²) in [5.74, 6) is 1.97. The highest BCUT2D eigenvalue weighted by atomic mass is 28.3. The summed E-state index contributed by atoms with van der Waals surface area (Å²) >= 11 is 0. The summed E-state index contributed by atoms with van der Waals surface area (Å²) in [5, 5.41) is 1.38. The Hall–Kier alpha value is -1.33. The molecule has 2 saturated heterocycles. The topological polar surface area (TPSA) is 38.8 Å². The van der Waals surface area contributed by atoms with Crippen molar-refractivity contribution in [3.05, 3.63) is 17.7 Å². The molecule has 3 rings (SSSR count). The minimum atomic E-state index is -1.60. The van der Waals surface area contributed by atoms with Crippen LogP contribution in [-0.2, 0) is 4.79 Å². The lowest BCUT2D eigenvalue weighted by molar-refractivity contribution is -0.126. The van der Waals surface area contributed by atoms with Crippen molar-refractivity contribution in [2.24, 2.45) is 0 Å². The quantitative estimate of drug-likeness (QED) is 0.770. The summed E-state index contributed by atoms with van der Waals surface area (Å²) in [6.07, 6.45) is 4.98. The molecule has 0 unspecified atom stereocenters. The Morgan fingerprint density at radius 3 is 2.36 bits per heavy atom. The smallest absolute Gasteiger partial charge is 0.161 e. The van der Waals surface area contributed by atoms with E-state index in [1.54, 1.807) is 14.2 Å². The molecule has 0 saturated carbocycles. The van der Waals surface area contributed by atoms with Crippen LogP contribution in [0.3, 0.4) is 0 Å². The van der Waals surface area contributed by atoms with Gasteiger partial charge in [-0.2, -0.15) is 0 Å². The lowest BCUT2D eigenvalue weighted by atomic mass is 9.85. The SMILES string of the molecule is COc1cc([C@@H]2CC(=O)C[C@H]3CCCCN32)c([Si](C)(C)C)cc1OC. The van der Waals surface area contributed by atoms with E-state index in [2.05, 4.69) is 36.7 Å². The van der Waals surface area contributed by atoms with Gasteiger partial charge in [-0.3, -0.25) is 9.69 Å². The molecule has 5 heteroatoms. The number of methoxy groups -OCH3 is 2. The van der Waals surface area contributed by atoms with Gasteiger partial charge in [-0.05, 0) is 37.1 Å². The number of rotatable bonds is 4. The second-order valence-corrected chi connectivity index (χ2v) is 13.4. The Kier molecular flexibility index (Phi) is 5.25. The molecule has 1 aromatic rings. The molecule has 2 atom stereocenters. The highest BCUT2D eigenvalue weighted by molar-refractivity contribution is 6.89. The number of benzene rings is 1. The van der Waals surface area contributed by atoms with Crippen molar-refractivity contribution in [1.82, 2.24) is 4.90 Å². The third kappa shape index (κ3) is 3.63. The van der Waals surface area contributed by atoms with Crippen LogP contribution in [0.5, 0.6) is 11.5 Å². The molecule has 2 aliphatic rings. The van der Waals surface area contributed by atoms with Crippen LogP contribution < -0.4 is 14.7 Å². The molecule has 2 fully saturated rings. The van der Waals surface area contributed by atoms with Gasteiger partial charge in [0.2, 0.25) is 0 Å². The second kappa shape index (κ2) is 7.12. The van der Waals surface area contributed by atoms with Crippen molar-refractivity contribution in [2.75, 3.05) is 20.8 Å². The first-order valence-corrected chi connectivity index (χ1v) is 12.9. The van der Waals surface area contributed by atoms with Crippen LogP contribution in [0.1, 0.15) is 43.7 Å². The molecule has 0 amide bonds. The van der Waals surface area contributed by atoms with Crippen LogP contribution in [0.15, 0.2) is 12.1 Å². The molecule has 138 valence electrons. The van der Waals surface area contributed by atoms with Gasteiger partial charge in [-0.1, -0.05) is 31.2 Å². The molecular formula is C20H31NO3Si. The molecular weight excluding hydrogens is 330 g/mol. The number of nitrogens with zero attached hydrogens (tertiary/aromatic N) is 1. The van der Waals surface area contributed by atoms with E-state index in [4.69, 9.17) is 9.47 Å². The molecule has 25 heavy (non-hydrogen) atoms. The maximum Gasteiger partial charge on any atom is 0.161 e. The van der Waals surface area contributed by atoms with E-state index in [1.807, 2.05) is 0 Å². The van der Waals surface area contributed by atoms with Crippen molar-refractivity contribution in [1.29, 1.82) is 0 Å². The zero-order valence-corrected chi connectivity index (χ0v) is 17.2. The number of fused-ring (bicyclic) bond motifs is 1. The fraction of sp³-hybridized carbons (Fsp3) is 0.650. The van der Waals surface area contributed by atoms with Gasteiger partial charge in [0.1, 0.15) is 5.78 Å². The Morgan fingerprint density at radius 2 is 1.72 bits per heavy atom. The van der Waals surface area contributed by atoms with E-state index in [-0.39, 0.29) is 6.04 Å². The van der Waals surface area contributed by atoms with Crippen LogP contribution >= 0.6 is 0 Å². The number of Topliss-reactive ketones (excluding diaryl/α,β-unsaturated/α-hetero) is 1. The van der Waals surface area contributed by atoms with Crippen LogP contribution in [0.25, 0.3) is 0 Å². The maximum atomic E-state index is 12.5. The monoisotopic (exact) mass is 361 g/mol. The van der Waals surface area contributed by atoms with Crippen molar-refractivity contribution >= 4 is 19.0 Å². The Morgan fingerprint density at radius 1 is 1.04 bits per heavy atom. The molecule has 2 heterocycles. The molecule has 0 aromatic heterocycles. The Bertz CT molecular complexity index is 653.